The standard InChI is InChI=1S/C29H29NO5/c1-19-7-6-10-23(20(19)2)17-24-15-21(11-12-26(24)31)16-25(18-30-27(32)13-14-28(30)33)35-29(34)22-8-4-3-5-9-22/h3-12,15,25,31H,13-14,16-18H2,1-2H3. The van der Waals surface area contributed by atoms with Crippen LogP contribution in [0.15, 0.2) is 66.7 Å². The van der Waals surface area contributed by atoms with Gasteiger partial charge in [0.1, 0.15) is 11.9 Å². The lowest BCUT2D eigenvalue weighted by molar-refractivity contribution is -0.140. The monoisotopic (exact) mass is 471 g/mol. The molecule has 0 saturated carbocycles. The normalized spacial score (nSPS) is 14.3. The van der Waals surface area contributed by atoms with Crippen molar-refractivity contribution < 1.29 is 24.2 Å². The number of phenolic OH excluding ortho intramolecular Hbond substituents is 1. The molecule has 35 heavy (non-hydrogen) atoms. The number of carbonyl (C=O) groups is 3. The summed E-state index contributed by atoms with van der Waals surface area (Å²) in [5, 5.41) is 10.5. The lowest BCUT2D eigenvalue weighted by atomic mass is 9.95. The molecule has 0 radical (unpaired) electrons. The van der Waals surface area contributed by atoms with E-state index < -0.39 is 12.1 Å². The fraction of sp³-hybridized carbons (Fsp3) is 0.276. The van der Waals surface area contributed by atoms with Crippen LogP contribution in [-0.4, -0.2) is 40.4 Å². The maximum atomic E-state index is 12.8. The van der Waals surface area contributed by atoms with E-state index in [9.17, 15) is 19.5 Å². The second-order valence-electron chi connectivity index (χ2n) is 8.99. The van der Waals surface area contributed by atoms with Crippen LogP contribution in [0, 0.1) is 13.8 Å². The second kappa shape index (κ2) is 10.6. The minimum atomic E-state index is -0.716. The lowest BCUT2D eigenvalue weighted by Gasteiger charge is -2.23. The molecule has 0 bridgehead atoms. The van der Waals surface area contributed by atoms with Crippen molar-refractivity contribution in [2.24, 2.45) is 0 Å². The summed E-state index contributed by atoms with van der Waals surface area (Å²) >= 11 is 0. The number of ether oxygens (including phenoxy) is 1. The summed E-state index contributed by atoms with van der Waals surface area (Å²) in [6.07, 6.45) is 0.502. The van der Waals surface area contributed by atoms with E-state index in [0.717, 1.165) is 16.7 Å². The van der Waals surface area contributed by atoms with Crippen molar-refractivity contribution in [3.05, 3.63) is 100 Å². The summed E-state index contributed by atoms with van der Waals surface area (Å²) in [5.41, 5.74) is 5.49. The number of phenols is 1. The van der Waals surface area contributed by atoms with Gasteiger partial charge in [-0.2, -0.15) is 0 Å². The number of amides is 2. The molecule has 1 aliphatic heterocycles. The topological polar surface area (TPSA) is 83.9 Å². The Kier molecular flexibility index (Phi) is 7.30. The number of carbonyl (C=O) groups excluding carboxylic acids is 3. The van der Waals surface area contributed by atoms with Gasteiger partial charge in [0, 0.05) is 25.7 Å². The minimum absolute atomic E-state index is 0.00341. The van der Waals surface area contributed by atoms with Gasteiger partial charge in [-0.3, -0.25) is 14.5 Å². The zero-order chi connectivity index (χ0) is 24.9. The molecule has 0 aromatic heterocycles. The number of benzene rings is 3. The number of hydrogen-bond acceptors (Lipinski definition) is 5. The fourth-order valence-corrected chi connectivity index (χ4v) is 4.35. The Morgan fingerprint density at radius 1 is 0.943 bits per heavy atom. The largest absolute Gasteiger partial charge is 0.508 e. The maximum Gasteiger partial charge on any atom is 0.338 e. The quantitative estimate of drug-likeness (QED) is 0.386. The molecule has 3 aromatic rings. The Balaban J connectivity index is 1.57. The summed E-state index contributed by atoms with van der Waals surface area (Å²) < 4.78 is 5.77. The molecule has 180 valence electrons. The molecular weight excluding hydrogens is 442 g/mol. The van der Waals surface area contributed by atoms with Crippen molar-refractivity contribution in [3.8, 4) is 5.75 Å². The van der Waals surface area contributed by atoms with E-state index in [1.165, 1.54) is 16.0 Å². The van der Waals surface area contributed by atoms with E-state index >= 15 is 0 Å². The Morgan fingerprint density at radius 3 is 2.37 bits per heavy atom. The van der Waals surface area contributed by atoms with E-state index in [4.69, 9.17) is 4.74 Å². The SMILES string of the molecule is Cc1cccc(Cc2cc(CC(CN3C(=O)CCC3=O)OC(=O)c3ccccc3)ccc2O)c1C. The summed E-state index contributed by atoms with van der Waals surface area (Å²) in [6.45, 7) is 4.12. The zero-order valence-electron chi connectivity index (χ0n) is 20.0. The van der Waals surface area contributed by atoms with Gasteiger partial charge in [-0.05, 0) is 59.9 Å². The Morgan fingerprint density at radius 2 is 1.66 bits per heavy atom. The third-order valence-electron chi connectivity index (χ3n) is 6.53. The van der Waals surface area contributed by atoms with Crippen LogP contribution < -0.4 is 0 Å². The van der Waals surface area contributed by atoms with Gasteiger partial charge in [0.2, 0.25) is 11.8 Å². The molecule has 3 aromatic carbocycles. The minimum Gasteiger partial charge on any atom is -0.508 e. The highest BCUT2D eigenvalue weighted by Gasteiger charge is 2.32. The number of likely N-dealkylation sites (tertiary alicyclic amines) is 1. The summed E-state index contributed by atoms with van der Waals surface area (Å²) in [4.78, 5) is 38.4. The number of aryl methyl sites for hydroxylation is 1. The smallest absolute Gasteiger partial charge is 0.338 e. The lowest BCUT2D eigenvalue weighted by Crippen LogP contribution is -2.39. The van der Waals surface area contributed by atoms with Crippen LogP contribution in [0.1, 0.15) is 51.0 Å². The molecule has 1 heterocycles. The second-order valence-corrected chi connectivity index (χ2v) is 8.99. The number of rotatable bonds is 8. The van der Waals surface area contributed by atoms with Crippen LogP contribution in [0.4, 0.5) is 0 Å². The first-order valence-corrected chi connectivity index (χ1v) is 11.8. The average molecular weight is 472 g/mol. The molecule has 0 aliphatic carbocycles. The van der Waals surface area contributed by atoms with Crippen molar-refractivity contribution in [2.75, 3.05) is 6.54 Å². The highest BCUT2D eigenvalue weighted by atomic mass is 16.5. The van der Waals surface area contributed by atoms with Gasteiger partial charge in [-0.1, -0.05) is 48.5 Å². The first-order chi connectivity index (χ1) is 16.8. The highest BCUT2D eigenvalue weighted by molar-refractivity contribution is 6.02. The Bertz CT molecular complexity index is 1240. The number of imide groups is 1. The summed E-state index contributed by atoms with van der Waals surface area (Å²) in [5.74, 6) is -0.823. The highest BCUT2D eigenvalue weighted by Crippen LogP contribution is 2.26. The van der Waals surface area contributed by atoms with Crippen molar-refractivity contribution in [2.45, 2.75) is 45.6 Å². The van der Waals surface area contributed by atoms with Gasteiger partial charge in [0.25, 0.3) is 0 Å². The molecule has 4 rings (SSSR count). The molecule has 2 amide bonds. The third kappa shape index (κ3) is 5.77. The van der Waals surface area contributed by atoms with Crippen molar-refractivity contribution in [3.63, 3.8) is 0 Å². The van der Waals surface area contributed by atoms with Gasteiger partial charge in [0.15, 0.2) is 0 Å². The summed E-state index contributed by atoms with van der Waals surface area (Å²) in [7, 11) is 0. The number of aromatic hydroxyl groups is 1. The van der Waals surface area contributed by atoms with E-state index in [1.54, 1.807) is 36.4 Å². The van der Waals surface area contributed by atoms with E-state index in [1.807, 2.05) is 24.3 Å². The maximum absolute atomic E-state index is 12.8. The molecule has 1 atom stereocenters. The molecule has 0 spiro atoms. The van der Waals surface area contributed by atoms with Crippen molar-refractivity contribution in [1.29, 1.82) is 0 Å². The van der Waals surface area contributed by atoms with Crippen LogP contribution in [0.3, 0.4) is 0 Å². The average Bonchev–Trinajstić information content (AvgIpc) is 3.16. The van der Waals surface area contributed by atoms with Crippen LogP contribution in [-0.2, 0) is 27.2 Å². The molecule has 6 heteroatoms. The van der Waals surface area contributed by atoms with Gasteiger partial charge >= 0.3 is 5.97 Å². The summed E-state index contributed by atoms with van der Waals surface area (Å²) in [6, 6.07) is 20.0. The van der Waals surface area contributed by atoms with Crippen molar-refractivity contribution in [1.82, 2.24) is 4.90 Å². The Hall–Kier alpha value is -3.93. The third-order valence-corrected chi connectivity index (χ3v) is 6.53. The number of esters is 1. The van der Waals surface area contributed by atoms with E-state index in [2.05, 4.69) is 19.9 Å². The fourth-order valence-electron chi connectivity index (χ4n) is 4.35. The zero-order valence-corrected chi connectivity index (χ0v) is 20.0. The van der Waals surface area contributed by atoms with Gasteiger partial charge < -0.3 is 9.84 Å². The van der Waals surface area contributed by atoms with E-state index in [-0.39, 0.29) is 37.0 Å². The Labute approximate surface area is 205 Å². The number of hydrogen-bond donors (Lipinski definition) is 1. The molecule has 1 unspecified atom stereocenters. The molecular formula is C29H29NO5. The van der Waals surface area contributed by atoms with E-state index in [0.29, 0.717) is 18.4 Å². The van der Waals surface area contributed by atoms with Gasteiger partial charge in [-0.25, -0.2) is 4.79 Å². The van der Waals surface area contributed by atoms with Gasteiger partial charge in [-0.15, -0.1) is 0 Å². The molecule has 1 fully saturated rings. The molecule has 6 nitrogen and oxygen atoms in total. The molecule has 1 aliphatic rings. The van der Waals surface area contributed by atoms with Crippen LogP contribution in [0.25, 0.3) is 0 Å². The first kappa shape index (κ1) is 24.2. The van der Waals surface area contributed by atoms with Gasteiger partial charge in [0.05, 0.1) is 12.1 Å². The molecule has 1 saturated heterocycles. The van der Waals surface area contributed by atoms with Crippen LogP contribution in [0.5, 0.6) is 5.75 Å². The molecule has 1 N–H and O–H groups in total. The predicted octanol–water partition coefficient (Wildman–Crippen LogP) is 4.52. The van der Waals surface area contributed by atoms with Crippen molar-refractivity contribution >= 4 is 17.8 Å². The van der Waals surface area contributed by atoms with Crippen LogP contribution >= 0.6 is 0 Å². The first-order valence-electron chi connectivity index (χ1n) is 11.8. The van der Waals surface area contributed by atoms with Crippen LogP contribution in [0.2, 0.25) is 0 Å². The predicted molar refractivity (Wildman–Crippen MR) is 132 cm³/mol. The number of nitrogens with zero attached hydrogens (tertiary/aromatic N) is 1.